The largest absolute Gasteiger partial charge is 0.497 e. The maximum atomic E-state index is 12.4. The monoisotopic (exact) mass is 333 g/mol. The van der Waals surface area contributed by atoms with Gasteiger partial charge in [-0.25, -0.2) is 0 Å². The van der Waals surface area contributed by atoms with E-state index < -0.39 is 11.9 Å². The van der Waals surface area contributed by atoms with Crippen molar-refractivity contribution in [1.29, 1.82) is 0 Å². The average molecular weight is 333 g/mol. The van der Waals surface area contributed by atoms with E-state index in [1.807, 2.05) is 0 Å². The molecule has 0 spiro atoms. The zero-order valence-electron chi connectivity index (χ0n) is 13.7. The van der Waals surface area contributed by atoms with Gasteiger partial charge in [-0.2, -0.15) is 0 Å². The number of methoxy groups -OCH3 is 2. The van der Waals surface area contributed by atoms with Crippen LogP contribution in [0.4, 0.5) is 0 Å². The van der Waals surface area contributed by atoms with Gasteiger partial charge in [-0.3, -0.25) is 9.59 Å². The molecule has 2 rings (SSSR count). The highest BCUT2D eigenvalue weighted by Gasteiger charge is 2.20. The molecule has 2 aromatic rings. The summed E-state index contributed by atoms with van der Waals surface area (Å²) in [6, 6.07) is 5.28. The maximum absolute atomic E-state index is 12.4. The first-order valence-electron chi connectivity index (χ1n) is 7.24. The van der Waals surface area contributed by atoms with Gasteiger partial charge in [0.1, 0.15) is 23.7 Å². The molecule has 1 aromatic heterocycles. The van der Waals surface area contributed by atoms with E-state index in [0.717, 1.165) is 5.56 Å². The number of carbonyl (C=O) groups excluding carboxylic acids is 1. The number of benzene rings is 1. The fourth-order valence-electron chi connectivity index (χ4n) is 2.33. The number of carbonyl (C=O) groups is 2. The summed E-state index contributed by atoms with van der Waals surface area (Å²) < 4.78 is 15.6. The minimum Gasteiger partial charge on any atom is -0.497 e. The predicted molar refractivity (Wildman–Crippen MR) is 85.5 cm³/mol. The Kier molecular flexibility index (Phi) is 5.47. The lowest BCUT2D eigenvalue weighted by Gasteiger charge is -2.11. The first kappa shape index (κ1) is 17.4. The number of carboxylic acids is 1. The van der Waals surface area contributed by atoms with E-state index in [0.29, 0.717) is 17.1 Å². The topological polar surface area (TPSA) is 98.0 Å². The lowest BCUT2D eigenvalue weighted by molar-refractivity contribution is -0.136. The molecule has 0 fully saturated rings. The summed E-state index contributed by atoms with van der Waals surface area (Å²) in [6.45, 7) is 1.92. The van der Waals surface area contributed by atoms with Gasteiger partial charge in [-0.1, -0.05) is 0 Å². The van der Waals surface area contributed by atoms with E-state index in [9.17, 15) is 9.59 Å². The first-order valence-corrected chi connectivity index (χ1v) is 7.24. The molecule has 0 unspecified atom stereocenters. The molecule has 0 aliphatic rings. The molecule has 0 atom stereocenters. The number of aliphatic carboxylic acids is 1. The molecular formula is C17H19NO6. The number of hydrogen-bond donors (Lipinski definition) is 2. The van der Waals surface area contributed by atoms with Crippen LogP contribution in [-0.4, -0.2) is 31.2 Å². The highest BCUT2D eigenvalue weighted by molar-refractivity contribution is 5.97. The van der Waals surface area contributed by atoms with E-state index in [1.165, 1.54) is 13.4 Å². The molecule has 0 aliphatic heterocycles. The molecular weight excluding hydrogens is 314 g/mol. The minimum atomic E-state index is -1.06. The van der Waals surface area contributed by atoms with E-state index in [1.54, 1.807) is 32.2 Å². The third-order valence-corrected chi connectivity index (χ3v) is 3.52. The number of ether oxygens (including phenoxy) is 2. The summed E-state index contributed by atoms with van der Waals surface area (Å²) in [5.74, 6) is -0.0783. The van der Waals surface area contributed by atoms with Crippen LogP contribution in [0.5, 0.6) is 11.5 Å². The Balaban J connectivity index is 2.14. The van der Waals surface area contributed by atoms with Gasteiger partial charge < -0.3 is 24.3 Å². The van der Waals surface area contributed by atoms with Crippen molar-refractivity contribution in [2.75, 3.05) is 14.2 Å². The number of rotatable bonds is 7. The predicted octanol–water partition coefficient (Wildman–Crippen LogP) is 2.16. The molecule has 7 heteroatoms. The Hall–Kier alpha value is -2.96. The number of aryl methyl sites for hydroxylation is 1. The van der Waals surface area contributed by atoms with E-state index in [4.69, 9.17) is 19.0 Å². The lowest BCUT2D eigenvalue weighted by Crippen LogP contribution is -2.24. The van der Waals surface area contributed by atoms with Crippen LogP contribution in [-0.2, 0) is 17.8 Å². The molecule has 1 amide bonds. The number of amides is 1. The molecule has 2 N–H and O–H groups in total. The highest BCUT2D eigenvalue weighted by atomic mass is 16.5. The quantitative estimate of drug-likeness (QED) is 0.806. The maximum Gasteiger partial charge on any atom is 0.311 e. The number of hydrogen-bond acceptors (Lipinski definition) is 5. The molecule has 1 heterocycles. The summed E-state index contributed by atoms with van der Waals surface area (Å²) in [4.78, 5) is 23.3. The first-order chi connectivity index (χ1) is 11.5. The van der Waals surface area contributed by atoms with Gasteiger partial charge in [-0.15, -0.1) is 0 Å². The standard InChI is InChI=1S/C17H19NO6/c1-10-9-24-14(7-15(19)20)16(10)17(21)18-8-11-4-5-12(22-2)6-13(11)23-3/h4-6,9H,7-8H2,1-3H3,(H,18,21)(H,19,20). The van der Waals surface area contributed by atoms with Crippen molar-refractivity contribution in [3.05, 3.63) is 46.9 Å². The summed E-state index contributed by atoms with van der Waals surface area (Å²) in [5.41, 5.74) is 1.61. The molecule has 0 aliphatic carbocycles. The van der Waals surface area contributed by atoms with Crippen molar-refractivity contribution in [2.45, 2.75) is 19.9 Å². The summed E-state index contributed by atoms with van der Waals surface area (Å²) in [6.07, 6.45) is 1.03. The van der Waals surface area contributed by atoms with Crippen LogP contribution in [0.25, 0.3) is 0 Å². The Morgan fingerprint density at radius 2 is 2.00 bits per heavy atom. The number of furan rings is 1. The van der Waals surface area contributed by atoms with Crippen molar-refractivity contribution in [2.24, 2.45) is 0 Å². The smallest absolute Gasteiger partial charge is 0.311 e. The lowest BCUT2D eigenvalue weighted by atomic mass is 10.1. The molecule has 128 valence electrons. The summed E-state index contributed by atoms with van der Waals surface area (Å²) in [5, 5.41) is 11.6. The van der Waals surface area contributed by atoms with Crippen LogP contribution in [0, 0.1) is 6.92 Å². The third kappa shape index (κ3) is 3.87. The SMILES string of the molecule is COc1ccc(CNC(=O)c2c(C)coc2CC(=O)O)c(OC)c1. The molecule has 7 nitrogen and oxygen atoms in total. The Morgan fingerprint density at radius 3 is 2.62 bits per heavy atom. The fraction of sp³-hybridized carbons (Fsp3) is 0.294. The third-order valence-electron chi connectivity index (χ3n) is 3.52. The van der Waals surface area contributed by atoms with Crippen molar-refractivity contribution in [3.8, 4) is 11.5 Å². The van der Waals surface area contributed by atoms with Crippen molar-refractivity contribution in [3.63, 3.8) is 0 Å². The zero-order chi connectivity index (χ0) is 17.7. The van der Waals surface area contributed by atoms with E-state index in [2.05, 4.69) is 5.32 Å². The van der Waals surface area contributed by atoms with Gasteiger partial charge in [0.05, 0.1) is 26.0 Å². The second-order valence-corrected chi connectivity index (χ2v) is 5.15. The van der Waals surface area contributed by atoms with Crippen molar-refractivity contribution < 1.29 is 28.6 Å². The molecule has 24 heavy (non-hydrogen) atoms. The van der Waals surface area contributed by atoms with Gasteiger partial charge in [0.25, 0.3) is 5.91 Å². The number of carboxylic acid groups (broad SMARTS) is 1. The van der Waals surface area contributed by atoms with Crippen LogP contribution in [0.3, 0.4) is 0 Å². The van der Waals surface area contributed by atoms with Crippen LogP contribution in [0.2, 0.25) is 0 Å². The molecule has 0 saturated carbocycles. The van der Waals surface area contributed by atoms with Crippen molar-refractivity contribution >= 4 is 11.9 Å². The van der Waals surface area contributed by atoms with Crippen LogP contribution >= 0.6 is 0 Å². The zero-order valence-corrected chi connectivity index (χ0v) is 13.7. The molecule has 0 radical (unpaired) electrons. The van der Waals surface area contributed by atoms with Gasteiger partial charge in [0.15, 0.2) is 0 Å². The van der Waals surface area contributed by atoms with Gasteiger partial charge in [0.2, 0.25) is 0 Å². The average Bonchev–Trinajstić information content (AvgIpc) is 2.92. The number of nitrogens with one attached hydrogen (secondary N) is 1. The Bertz CT molecular complexity index is 750. The van der Waals surface area contributed by atoms with Gasteiger partial charge in [-0.05, 0) is 19.1 Å². The molecule has 0 saturated heterocycles. The van der Waals surface area contributed by atoms with Crippen molar-refractivity contribution in [1.82, 2.24) is 5.32 Å². The summed E-state index contributed by atoms with van der Waals surface area (Å²) in [7, 11) is 3.09. The Labute approximate surface area is 139 Å². The van der Waals surface area contributed by atoms with Crippen LogP contribution in [0.1, 0.15) is 27.2 Å². The second-order valence-electron chi connectivity index (χ2n) is 5.15. The fourth-order valence-corrected chi connectivity index (χ4v) is 2.33. The highest BCUT2D eigenvalue weighted by Crippen LogP contribution is 2.25. The molecule has 1 aromatic carbocycles. The van der Waals surface area contributed by atoms with Gasteiger partial charge >= 0.3 is 5.97 Å². The van der Waals surface area contributed by atoms with E-state index >= 15 is 0 Å². The van der Waals surface area contributed by atoms with Crippen LogP contribution in [0.15, 0.2) is 28.9 Å². The van der Waals surface area contributed by atoms with Crippen LogP contribution < -0.4 is 14.8 Å². The second kappa shape index (κ2) is 7.54. The van der Waals surface area contributed by atoms with E-state index in [-0.39, 0.29) is 24.3 Å². The molecule has 0 bridgehead atoms. The Morgan fingerprint density at radius 1 is 1.25 bits per heavy atom. The normalized spacial score (nSPS) is 10.3. The minimum absolute atomic E-state index is 0.138. The summed E-state index contributed by atoms with van der Waals surface area (Å²) >= 11 is 0. The van der Waals surface area contributed by atoms with Gasteiger partial charge in [0, 0.05) is 23.7 Å².